The van der Waals surface area contributed by atoms with E-state index in [1.54, 1.807) is 19.1 Å². The molecule has 1 aliphatic rings. The maximum atomic E-state index is 12.7. The average molecular weight is 398 g/mol. The number of hydrogen-bond acceptors (Lipinski definition) is 8. The third-order valence-corrected chi connectivity index (χ3v) is 5.69. The van der Waals surface area contributed by atoms with E-state index in [-0.39, 0.29) is 4.90 Å². The van der Waals surface area contributed by atoms with Gasteiger partial charge < -0.3 is 14.9 Å². The van der Waals surface area contributed by atoms with Gasteiger partial charge in [-0.3, -0.25) is 18.5 Å². The van der Waals surface area contributed by atoms with Crippen molar-refractivity contribution >= 4 is 10.1 Å². The van der Waals surface area contributed by atoms with Crippen molar-refractivity contribution in [1.82, 2.24) is 9.55 Å². The van der Waals surface area contributed by atoms with Gasteiger partial charge in [0.25, 0.3) is 15.7 Å². The predicted octanol–water partition coefficient (Wildman–Crippen LogP) is -1.13. The van der Waals surface area contributed by atoms with Gasteiger partial charge in [0.15, 0.2) is 12.3 Å². The van der Waals surface area contributed by atoms with Gasteiger partial charge in [0.05, 0.1) is 11.5 Å². The number of rotatable bonds is 5. The van der Waals surface area contributed by atoms with Gasteiger partial charge in [0.1, 0.15) is 12.2 Å². The summed E-state index contributed by atoms with van der Waals surface area (Å²) in [5, 5.41) is 19.7. The van der Waals surface area contributed by atoms with Gasteiger partial charge in [-0.2, -0.15) is 8.42 Å². The minimum atomic E-state index is -4.31. The Bertz CT molecular complexity index is 1040. The fourth-order valence-corrected chi connectivity index (χ4v) is 4.17. The summed E-state index contributed by atoms with van der Waals surface area (Å²) in [6.07, 6.45) is -4.51. The molecule has 0 saturated carbocycles. The Labute approximate surface area is 153 Å². The fourth-order valence-electron chi connectivity index (χ4n) is 2.86. The molecule has 0 unspecified atom stereocenters. The number of nitrogens with zero attached hydrogens (tertiary/aromatic N) is 1. The van der Waals surface area contributed by atoms with Crippen LogP contribution in [0.1, 0.15) is 11.8 Å². The normalized spacial score (nSPS) is 25.6. The van der Waals surface area contributed by atoms with Crippen LogP contribution in [0.5, 0.6) is 0 Å². The van der Waals surface area contributed by atoms with Crippen molar-refractivity contribution in [3.8, 4) is 0 Å². The van der Waals surface area contributed by atoms with Crippen molar-refractivity contribution in [3.63, 3.8) is 0 Å². The van der Waals surface area contributed by atoms with Crippen LogP contribution in [0.15, 0.2) is 51.0 Å². The first kappa shape index (κ1) is 19.5. The van der Waals surface area contributed by atoms with Gasteiger partial charge in [0, 0.05) is 12.3 Å². The topological polar surface area (TPSA) is 148 Å². The van der Waals surface area contributed by atoms with E-state index in [1.807, 2.05) is 4.98 Å². The molecular formula is C16H18N2O8S. The molecule has 1 aliphatic heterocycles. The molecule has 1 fully saturated rings. The third-order valence-electron chi connectivity index (χ3n) is 4.22. The number of benzene rings is 1. The van der Waals surface area contributed by atoms with E-state index in [9.17, 15) is 28.2 Å². The van der Waals surface area contributed by atoms with Crippen molar-refractivity contribution in [1.29, 1.82) is 0 Å². The molecule has 2 heterocycles. The summed E-state index contributed by atoms with van der Waals surface area (Å²) in [5.74, 6) is 0. The summed E-state index contributed by atoms with van der Waals surface area (Å²) in [7, 11) is -4.31. The molecule has 10 nitrogen and oxygen atoms in total. The van der Waals surface area contributed by atoms with Gasteiger partial charge in [-0.15, -0.1) is 0 Å². The van der Waals surface area contributed by atoms with E-state index in [0.29, 0.717) is 5.56 Å². The molecule has 0 aliphatic carbocycles. The van der Waals surface area contributed by atoms with Crippen LogP contribution in [0.2, 0.25) is 0 Å². The minimum absolute atomic E-state index is 0.0998. The molecule has 3 N–H and O–H groups in total. The maximum absolute atomic E-state index is 12.7. The monoisotopic (exact) mass is 398 g/mol. The zero-order valence-electron chi connectivity index (χ0n) is 14.2. The molecule has 11 heteroatoms. The highest BCUT2D eigenvalue weighted by Gasteiger charge is 2.48. The number of ether oxygens (including phenoxy) is 1. The summed E-state index contributed by atoms with van der Waals surface area (Å²) in [6.45, 7) is 0.957. The van der Waals surface area contributed by atoms with Gasteiger partial charge in [-0.05, 0) is 18.6 Å². The van der Waals surface area contributed by atoms with Crippen LogP contribution in [0.4, 0.5) is 0 Å². The SMILES string of the molecule is Cc1ccccc1S(=O)(=O)O[C@@H]1[C@H](O)[C@@H](CO)O[C@H]1n1ccc(=O)[nH]c1=O. The summed E-state index contributed by atoms with van der Waals surface area (Å²) in [6, 6.07) is 7.14. The van der Waals surface area contributed by atoms with E-state index < -0.39 is 52.5 Å². The van der Waals surface area contributed by atoms with Crippen molar-refractivity contribution in [2.24, 2.45) is 0 Å². The van der Waals surface area contributed by atoms with Crippen molar-refractivity contribution in [2.75, 3.05) is 6.61 Å². The Balaban J connectivity index is 2.01. The van der Waals surface area contributed by atoms with Gasteiger partial charge in [0.2, 0.25) is 0 Å². The molecule has 1 saturated heterocycles. The standard InChI is InChI=1S/C16H18N2O8S/c1-9-4-2-3-5-11(9)27(23,24)26-14-13(21)10(8-19)25-15(14)18-7-6-12(20)17-16(18)22/h2-7,10,13-15,19,21H,8H2,1H3,(H,17,20,22)/t10-,13-,14-,15-/m1/s1. The first-order chi connectivity index (χ1) is 12.7. The molecule has 0 bridgehead atoms. The van der Waals surface area contributed by atoms with Crippen LogP contribution in [0, 0.1) is 6.92 Å². The Morgan fingerprint density at radius 2 is 1.96 bits per heavy atom. The predicted molar refractivity (Wildman–Crippen MR) is 91.6 cm³/mol. The Kier molecular flexibility index (Phi) is 5.31. The second-order valence-electron chi connectivity index (χ2n) is 6.04. The Morgan fingerprint density at radius 1 is 1.26 bits per heavy atom. The molecule has 146 valence electrons. The van der Waals surface area contributed by atoms with Crippen LogP contribution in [0.25, 0.3) is 0 Å². The van der Waals surface area contributed by atoms with E-state index in [4.69, 9.17) is 8.92 Å². The van der Waals surface area contributed by atoms with Gasteiger partial charge in [-0.25, -0.2) is 4.79 Å². The molecule has 2 aromatic rings. The lowest BCUT2D eigenvalue weighted by Crippen LogP contribution is -2.40. The minimum Gasteiger partial charge on any atom is -0.394 e. The molecule has 0 spiro atoms. The zero-order valence-corrected chi connectivity index (χ0v) is 15.0. The number of nitrogens with one attached hydrogen (secondary N) is 1. The number of aromatic amines is 1. The first-order valence-corrected chi connectivity index (χ1v) is 9.40. The quantitative estimate of drug-likeness (QED) is 0.536. The molecule has 3 rings (SSSR count). The third kappa shape index (κ3) is 3.73. The number of hydrogen-bond donors (Lipinski definition) is 3. The highest BCUT2D eigenvalue weighted by atomic mass is 32.2. The fraction of sp³-hybridized carbons (Fsp3) is 0.375. The van der Waals surface area contributed by atoms with Crippen LogP contribution in [0.3, 0.4) is 0 Å². The lowest BCUT2D eigenvalue weighted by molar-refractivity contribution is -0.0519. The van der Waals surface area contributed by atoms with E-state index in [0.717, 1.165) is 16.8 Å². The molecule has 4 atom stereocenters. The number of aryl methyl sites for hydroxylation is 1. The number of aliphatic hydroxyl groups excluding tert-OH is 2. The van der Waals surface area contributed by atoms with E-state index in [1.165, 1.54) is 12.1 Å². The molecule has 27 heavy (non-hydrogen) atoms. The Morgan fingerprint density at radius 3 is 2.59 bits per heavy atom. The van der Waals surface area contributed by atoms with Crippen LogP contribution < -0.4 is 11.2 Å². The largest absolute Gasteiger partial charge is 0.394 e. The van der Waals surface area contributed by atoms with Crippen LogP contribution >= 0.6 is 0 Å². The molecule has 1 aromatic carbocycles. The summed E-state index contributed by atoms with van der Waals surface area (Å²) in [4.78, 5) is 25.2. The second kappa shape index (κ2) is 7.37. The average Bonchev–Trinajstić information content (AvgIpc) is 2.91. The Hall–Kier alpha value is -2.31. The molecule has 1 aromatic heterocycles. The first-order valence-electron chi connectivity index (χ1n) is 7.99. The van der Waals surface area contributed by atoms with Crippen LogP contribution in [-0.4, -0.2) is 53.1 Å². The maximum Gasteiger partial charge on any atom is 0.330 e. The highest BCUT2D eigenvalue weighted by Crippen LogP contribution is 2.33. The molecular weight excluding hydrogens is 380 g/mol. The summed E-state index contributed by atoms with van der Waals surface area (Å²) in [5.41, 5.74) is -1.10. The van der Waals surface area contributed by atoms with Crippen molar-refractivity contribution in [3.05, 3.63) is 62.9 Å². The van der Waals surface area contributed by atoms with Crippen molar-refractivity contribution in [2.45, 2.75) is 36.4 Å². The van der Waals surface area contributed by atoms with Crippen molar-refractivity contribution < 1.29 is 27.6 Å². The lowest BCUT2D eigenvalue weighted by Gasteiger charge is -2.22. The highest BCUT2D eigenvalue weighted by molar-refractivity contribution is 7.86. The smallest absolute Gasteiger partial charge is 0.330 e. The number of aromatic nitrogens is 2. The van der Waals surface area contributed by atoms with E-state index >= 15 is 0 Å². The number of H-pyrrole nitrogens is 1. The summed E-state index contributed by atoms with van der Waals surface area (Å²) >= 11 is 0. The van der Waals surface area contributed by atoms with Gasteiger partial charge in [-0.1, -0.05) is 18.2 Å². The van der Waals surface area contributed by atoms with E-state index in [2.05, 4.69) is 0 Å². The number of aliphatic hydroxyl groups is 2. The van der Waals surface area contributed by atoms with Gasteiger partial charge >= 0.3 is 5.69 Å². The molecule has 0 amide bonds. The molecule has 0 radical (unpaired) electrons. The summed E-state index contributed by atoms with van der Waals surface area (Å²) < 4.78 is 36.8. The lowest BCUT2D eigenvalue weighted by atomic mass is 10.1. The second-order valence-corrected chi connectivity index (χ2v) is 7.58. The van der Waals surface area contributed by atoms with Crippen LogP contribution in [-0.2, 0) is 19.0 Å². The zero-order chi connectivity index (χ0) is 19.8.